The van der Waals surface area contributed by atoms with Crippen LogP contribution < -0.4 is 0 Å². The number of nitrogens with zero attached hydrogens (tertiary/aromatic N) is 2. The summed E-state index contributed by atoms with van der Waals surface area (Å²) in [6.07, 6.45) is 1.84. The molecule has 0 radical (unpaired) electrons. The van der Waals surface area contributed by atoms with Crippen molar-refractivity contribution in [2.75, 3.05) is 20.1 Å². The molecule has 4 heteroatoms. The van der Waals surface area contributed by atoms with Crippen LogP contribution in [-0.4, -0.2) is 47.3 Å². The van der Waals surface area contributed by atoms with Crippen molar-refractivity contribution < 1.29 is 9.59 Å². The highest BCUT2D eigenvalue weighted by atomic mass is 16.2. The standard InChI is InChI=1S/C17H30N2O2/c1-8-12-9-19(10-12)13(20)16(4,5)17(6)11-15(2,3)18(7)14(17)21/h12H,8-11H2,1-7H3. The Balaban J connectivity index is 2.23. The van der Waals surface area contributed by atoms with Gasteiger partial charge in [-0.05, 0) is 53.4 Å². The van der Waals surface area contributed by atoms with E-state index in [0.717, 1.165) is 25.9 Å². The van der Waals surface area contributed by atoms with Crippen LogP contribution in [0.3, 0.4) is 0 Å². The largest absolute Gasteiger partial charge is 0.342 e. The molecule has 1 atom stereocenters. The maximum absolute atomic E-state index is 12.9. The van der Waals surface area contributed by atoms with Gasteiger partial charge in [-0.3, -0.25) is 9.59 Å². The Kier molecular flexibility index (Phi) is 3.67. The van der Waals surface area contributed by atoms with Gasteiger partial charge in [-0.2, -0.15) is 0 Å². The molecule has 4 nitrogen and oxygen atoms in total. The number of amides is 2. The van der Waals surface area contributed by atoms with Gasteiger partial charge in [0.05, 0.1) is 10.8 Å². The van der Waals surface area contributed by atoms with E-state index in [1.54, 1.807) is 0 Å². The molecule has 0 bridgehead atoms. The van der Waals surface area contributed by atoms with Crippen LogP contribution in [0.5, 0.6) is 0 Å². The first-order chi connectivity index (χ1) is 9.47. The fraction of sp³-hybridized carbons (Fsp3) is 0.882. The van der Waals surface area contributed by atoms with E-state index in [9.17, 15) is 9.59 Å². The second-order valence-corrected chi connectivity index (χ2v) is 8.29. The molecule has 0 N–H and O–H groups in total. The molecule has 2 aliphatic rings. The summed E-state index contributed by atoms with van der Waals surface area (Å²) in [7, 11) is 1.85. The van der Waals surface area contributed by atoms with Crippen LogP contribution in [0.15, 0.2) is 0 Å². The lowest BCUT2D eigenvalue weighted by Crippen LogP contribution is -2.58. The number of carbonyl (C=O) groups is 2. The molecule has 0 aromatic heterocycles. The smallest absolute Gasteiger partial charge is 0.229 e. The highest BCUT2D eigenvalue weighted by Gasteiger charge is 2.61. The summed E-state index contributed by atoms with van der Waals surface area (Å²) in [5.41, 5.74) is -1.48. The van der Waals surface area contributed by atoms with E-state index < -0.39 is 10.8 Å². The van der Waals surface area contributed by atoms with Crippen molar-refractivity contribution in [3.05, 3.63) is 0 Å². The minimum atomic E-state index is -0.662. The van der Waals surface area contributed by atoms with E-state index >= 15 is 0 Å². The minimum absolute atomic E-state index is 0.0958. The number of hydrogen-bond donors (Lipinski definition) is 0. The quantitative estimate of drug-likeness (QED) is 0.802. The van der Waals surface area contributed by atoms with Crippen LogP contribution in [0, 0.1) is 16.7 Å². The van der Waals surface area contributed by atoms with Gasteiger partial charge in [0.1, 0.15) is 0 Å². The predicted octanol–water partition coefficient (Wildman–Crippen LogP) is 2.53. The molecule has 2 amide bonds. The van der Waals surface area contributed by atoms with Gasteiger partial charge < -0.3 is 9.80 Å². The first kappa shape index (κ1) is 16.3. The number of rotatable bonds is 3. The van der Waals surface area contributed by atoms with Gasteiger partial charge in [-0.25, -0.2) is 0 Å². The third-order valence-electron chi connectivity index (χ3n) is 6.21. The van der Waals surface area contributed by atoms with Gasteiger partial charge >= 0.3 is 0 Å². The highest BCUT2D eigenvalue weighted by molar-refractivity contribution is 5.94. The maximum atomic E-state index is 12.9. The monoisotopic (exact) mass is 294 g/mol. The summed E-state index contributed by atoms with van der Waals surface area (Å²) < 4.78 is 0. The van der Waals surface area contributed by atoms with Crippen LogP contribution in [0.4, 0.5) is 0 Å². The molecule has 21 heavy (non-hydrogen) atoms. The average molecular weight is 294 g/mol. The lowest BCUT2D eigenvalue weighted by molar-refractivity contribution is -0.160. The first-order valence-electron chi connectivity index (χ1n) is 8.05. The van der Waals surface area contributed by atoms with Crippen molar-refractivity contribution in [3.63, 3.8) is 0 Å². The van der Waals surface area contributed by atoms with E-state index in [4.69, 9.17) is 0 Å². The summed E-state index contributed by atoms with van der Waals surface area (Å²) in [6, 6.07) is 0. The van der Waals surface area contributed by atoms with Crippen molar-refractivity contribution in [2.24, 2.45) is 16.7 Å². The lowest BCUT2D eigenvalue weighted by atomic mass is 9.62. The van der Waals surface area contributed by atoms with Gasteiger partial charge in [0.25, 0.3) is 0 Å². The van der Waals surface area contributed by atoms with Crippen LogP contribution >= 0.6 is 0 Å². The summed E-state index contributed by atoms with van der Waals surface area (Å²) in [4.78, 5) is 29.5. The van der Waals surface area contributed by atoms with Crippen molar-refractivity contribution in [1.29, 1.82) is 0 Å². The molecule has 2 saturated heterocycles. The average Bonchev–Trinajstić information content (AvgIpc) is 2.49. The Morgan fingerprint density at radius 3 is 2.19 bits per heavy atom. The van der Waals surface area contributed by atoms with E-state index in [1.807, 2.05) is 37.6 Å². The number of hydrogen-bond acceptors (Lipinski definition) is 2. The zero-order valence-electron chi connectivity index (χ0n) is 14.6. The predicted molar refractivity (Wildman–Crippen MR) is 83.7 cm³/mol. The minimum Gasteiger partial charge on any atom is -0.342 e. The SMILES string of the molecule is CCC1CN(C(=O)C(C)(C)C2(C)CC(C)(C)N(C)C2=O)C1. The third-order valence-corrected chi connectivity index (χ3v) is 6.21. The summed E-state index contributed by atoms with van der Waals surface area (Å²) >= 11 is 0. The van der Waals surface area contributed by atoms with E-state index in [1.165, 1.54) is 0 Å². The Bertz CT molecular complexity index is 463. The summed E-state index contributed by atoms with van der Waals surface area (Å²) in [5, 5.41) is 0. The van der Waals surface area contributed by atoms with Crippen molar-refractivity contribution in [1.82, 2.24) is 9.80 Å². The molecular weight excluding hydrogens is 264 g/mol. The molecule has 2 fully saturated rings. The molecular formula is C17H30N2O2. The fourth-order valence-corrected chi connectivity index (χ4v) is 3.82. The van der Waals surface area contributed by atoms with E-state index in [0.29, 0.717) is 5.92 Å². The molecule has 0 aromatic rings. The lowest BCUT2D eigenvalue weighted by Gasteiger charge is -2.47. The third kappa shape index (κ3) is 2.18. The molecule has 2 heterocycles. The van der Waals surface area contributed by atoms with Crippen molar-refractivity contribution in [2.45, 2.75) is 59.9 Å². The number of carbonyl (C=O) groups excluding carboxylic acids is 2. The van der Waals surface area contributed by atoms with Crippen LogP contribution in [0.1, 0.15) is 54.4 Å². The Labute approximate surface area is 128 Å². The van der Waals surface area contributed by atoms with Crippen LogP contribution in [-0.2, 0) is 9.59 Å². The maximum Gasteiger partial charge on any atom is 0.229 e. The van der Waals surface area contributed by atoms with Crippen LogP contribution in [0.25, 0.3) is 0 Å². The zero-order valence-corrected chi connectivity index (χ0v) is 14.6. The summed E-state index contributed by atoms with van der Waals surface area (Å²) in [5.74, 6) is 0.864. The Hall–Kier alpha value is -1.06. The van der Waals surface area contributed by atoms with E-state index in [-0.39, 0.29) is 17.4 Å². The van der Waals surface area contributed by atoms with Crippen LogP contribution in [0.2, 0.25) is 0 Å². The molecule has 2 aliphatic heterocycles. The summed E-state index contributed by atoms with van der Waals surface area (Å²) in [6.45, 7) is 13.9. The van der Waals surface area contributed by atoms with Crippen molar-refractivity contribution in [3.8, 4) is 0 Å². The number of likely N-dealkylation sites (tertiary alicyclic amines) is 2. The topological polar surface area (TPSA) is 40.6 Å². The van der Waals surface area contributed by atoms with Gasteiger partial charge in [-0.15, -0.1) is 0 Å². The fourth-order valence-electron chi connectivity index (χ4n) is 3.82. The van der Waals surface area contributed by atoms with E-state index in [2.05, 4.69) is 20.8 Å². The molecule has 0 spiro atoms. The molecule has 0 aromatic carbocycles. The highest BCUT2D eigenvalue weighted by Crippen LogP contribution is 2.53. The van der Waals surface area contributed by atoms with Gasteiger partial charge in [0.2, 0.25) is 11.8 Å². The molecule has 0 aliphatic carbocycles. The Morgan fingerprint density at radius 1 is 1.29 bits per heavy atom. The zero-order chi connectivity index (χ0) is 16.2. The van der Waals surface area contributed by atoms with Gasteiger partial charge in [-0.1, -0.05) is 6.92 Å². The molecule has 1 unspecified atom stereocenters. The van der Waals surface area contributed by atoms with Gasteiger partial charge in [0, 0.05) is 25.7 Å². The second kappa shape index (κ2) is 4.72. The molecule has 120 valence electrons. The molecule has 0 saturated carbocycles. The molecule has 2 rings (SSSR count). The van der Waals surface area contributed by atoms with Crippen molar-refractivity contribution >= 4 is 11.8 Å². The normalized spacial score (nSPS) is 29.8. The van der Waals surface area contributed by atoms with Gasteiger partial charge in [0.15, 0.2) is 0 Å². The Morgan fingerprint density at radius 2 is 1.81 bits per heavy atom. The second-order valence-electron chi connectivity index (χ2n) is 8.29. The first-order valence-corrected chi connectivity index (χ1v) is 8.05.